The number of rotatable bonds is 0. The van der Waals surface area contributed by atoms with Crippen LogP contribution in [0.5, 0.6) is 0 Å². The molecule has 0 bridgehead atoms. The minimum atomic E-state index is 0. The van der Waals surface area contributed by atoms with E-state index in [-0.39, 0.29) is 29.6 Å². The van der Waals surface area contributed by atoms with E-state index in [1.165, 1.54) is 10.7 Å². The molecule has 0 saturated heterocycles. The molecular weight excluding hydrogens is 115 g/mol. The first-order valence-corrected chi connectivity index (χ1v) is 0.765. The van der Waals surface area contributed by atoms with Crippen LogP contribution in [0.15, 0.2) is 10.7 Å². The van der Waals surface area contributed by atoms with Gasteiger partial charge in [-0.2, -0.15) is 0 Å². The normalized spacial score (nSPS) is 3.43. The van der Waals surface area contributed by atoms with Gasteiger partial charge in [-0.25, -0.2) is 0 Å². The average molecular weight is 118 g/mol. The molecule has 0 aromatic carbocycles. The third-order valence-electron chi connectivity index (χ3n) is 0. The monoisotopic (exact) mass is 118 g/mol. The van der Waals surface area contributed by atoms with E-state index in [9.17, 15) is 0 Å². The van der Waals surface area contributed by atoms with Crippen LogP contribution < -0.4 is 0 Å². The molecule has 0 rings (SSSR count). The summed E-state index contributed by atoms with van der Waals surface area (Å²) in [6, 6.07) is 0. The van der Waals surface area contributed by atoms with Gasteiger partial charge in [-0.1, -0.05) is 0 Å². The summed E-state index contributed by atoms with van der Waals surface area (Å²) >= 11 is 0. The zero-order valence-corrected chi connectivity index (χ0v) is 2.61. The maximum atomic E-state index is 8.11. The zero-order chi connectivity index (χ0) is 5.41. The Hall–Kier alpha value is -0.200. The predicted molar refractivity (Wildman–Crippen MR) is 22.3 cm³/mol. The summed E-state index contributed by atoms with van der Waals surface area (Å²) < 4.78 is 0. The van der Waals surface area contributed by atoms with Crippen LogP contribution in [0.4, 0.5) is 0 Å². The van der Waals surface area contributed by atoms with Gasteiger partial charge in [-0.05, 0) is 0 Å². The van der Waals surface area contributed by atoms with E-state index in [0.717, 1.165) is 0 Å². The number of hydrogen-bond acceptors (Lipinski definition) is 4. The van der Waals surface area contributed by atoms with Crippen LogP contribution in [0, 0.1) is 9.81 Å². The van der Waals surface area contributed by atoms with Crippen molar-refractivity contribution in [2.75, 3.05) is 0 Å². The second-order valence-corrected chi connectivity index (χ2v) is 0.163. The van der Waals surface area contributed by atoms with Crippen LogP contribution in [0.1, 0.15) is 0 Å². The molecule has 0 aliphatic carbocycles. The Labute approximate surface area is 60.7 Å². The SMILES string of the molecule is O=NO.O=NO.[NaH]. The predicted octanol–water partition coefficient (Wildman–Crippen LogP) is -0.364. The van der Waals surface area contributed by atoms with E-state index in [2.05, 4.69) is 0 Å². The fourth-order valence-electron chi connectivity index (χ4n) is 0. The van der Waals surface area contributed by atoms with E-state index in [1.54, 1.807) is 0 Å². The summed E-state index contributed by atoms with van der Waals surface area (Å²) in [5.74, 6) is 0. The molecule has 0 fully saturated rings. The molecule has 6 nitrogen and oxygen atoms in total. The van der Waals surface area contributed by atoms with Crippen molar-refractivity contribution in [2.24, 2.45) is 10.7 Å². The van der Waals surface area contributed by atoms with Crippen LogP contribution >= 0.6 is 0 Å². The first-order chi connectivity index (χ1) is 2.83. The van der Waals surface area contributed by atoms with Crippen LogP contribution in [0.25, 0.3) is 0 Å². The van der Waals surface area contributed by atoms with Gasteiger partial charge in [0.1, 0.15) is 0 Å². The second kappa shape index (κ2) is 41.2. The van der Waals surface area contributed by atoms with Crippen molar-refractivity contribution in [3.8, 4) is 0 Å². The molecule has 2 N–H and O–H groups in total. The molecule has 0 heterocycles. The van der Waals surface area contributed by atoms with Gasteiger partial charge in [0.15, 0.2) is 10.7 Å². The summed E-state index contributed by atoms with van der Waals surface area (Å²) in [4.78, 5) is 16.2. The van der Waals surface area contributed by atoms with E-state index in [4.69, 9.17) is 20.2 Å². The van der Waals surface area contributed by atoms with Gasteiger partial charge >= 0.3 is 29.6 Å². The number of hydrogen-bond donors (Lipinski definition) is 2. The van der Waals surface area contributed by atoms with E-state index in [1.807, 2.05) is 0 Å². The molecular formula is H3N2NaO4. The average Bonchev–Trinajstić information content (AvgIpc) is 1.39. The standard InChI is InChI=1S/2HNO2.Na.H/c2*2-1-3;;/h2*(H,2,3);;. The summed E-state index contributed by atoms with van der Waals surface area (Å²) in [7, 11) is 0. The van der Waals surface area contributed by atoms with E-state index >= 15 is 0 Å². The molecule has 0 radical (unpaired) electrons. The fraction of sp³-hybridized carbons (Fsp3) is 0. The van der Waals surface area contributed by atoms with Crippen molar-refractivity contribution in [3.63, 3.8) is 0 Å². The molecule has 0 atom stereocenters. The van der Waals surface area contributed by atoms with Crippen molar-refractivity contribution in [2.45, 2.75) is 0 Å². The van der Waals surface area contributed by atoms with Crippen molar-refractivity contribution in [3.05, 3.63) is 9.81 Å². The van der Waals surface area contributed by atoms with Crippen molar-refractivity contribution < 1.29 is 10.4 Å². The topological polar surface area (TPSA) is 99.3 Å². The molecule has 7 heteroatoms. The Morgan fingerprint density at radius 1 is 1.00 bits per heavy atom. The summed E-state index contributed by atoms with van der Waals surface area (Å²) in [5, 5.41) is 15.8. The zero-order valence-electron chi connectivity index (χ0n) is 2.61. The third-order valence-corrected chi connectivity index (χ3v) is 0. The Bertz CT molecular complexity index is 30.7. The van der Waals surface area contributed by atoms with Gasteiger partial charge in [0.05, 0.1) is 0 Å². The van der Waals surface area contributed by atoms with E-state index < -0.39 is 0 Å². The molecule has 0 aliphatic rings. The Kier molecular flexibility index (Phi) is 93.3. The van der Waals surface area contributed by atoms with Crippen LogP contribution in [0.3, 0.4) is 0 Å². The first-order valence-electron chi connectivity index (χ1n) is 0.765. The fourth-order valence-corrected chi connectivity index (χ4v) is 0. The van der Waals surface area contributed by atoms with Gasteiger partial charge in [0, 0.05) is 0 Å². The molecule has 7 heavy (non-hydrogen) atoms. The van der Waals surface area contributed by atoms with Crippen LogP contribution in [-0.4, -0.2) is 40.0 Å². The Morgan fingerprint density at radius 3 is 1.00 bits per heavy atom. The molecule has 0 aliphatic heterocycles. The second-order valence-electron chi connectivity index (χ2n) is 0.163. The summed E-state index contributed by atoms with van der Waals surface area (Å²) in [5.41, 5.74) is 0. The molecule has 38 valence electrons. The summed E-state index contributed by atoms with van der Waals surface area (Å²) in [6.45, 7) is 0. The molecule has 0 amide bonds. The third kappa shape index (κ3) is 2090. The summed E-state index contributed by atoms with van der Waals surface area (Å²) in [6.07, 6.45) is 0. The van der Waals surface area contributed by atoms with Crippen molar-refractivity contribution in [1.29, 1.82) is 0 Å². The first kappa shape index (κ1) is 15.8. The van der Waals surface area contributed by atoms with Crippen molar-refractivity contribution >= 4 is 29.6 Å². The van der Waals surface area contributed by atoms with Gasteiger partial charge < -0.3 is 10.4 Å². The van der Waals surface area contributed by atoms with Gasteiger partial charge in [0.2, 0.25) is 0 Å². The van der Waals surface area contributed by atoms with Gasteiger partial charge in [0.25, 0.3) is 0 Å². The Balaban J connectivity index is -0.0000000400. The van der Waals surface area contributed by atoms with Crippen molar-refractivity contribution in [1.82, 2.24) is 0 Å². The molecule has 0 saturated carbocycles. The van der Waals surface area contributed by atoms with Gasteiger partial charge in [-0.3, -0.25) is 0 Å². The van der Waals surface area contributed by atoms with Crippen LogP contribution in [-0.2, 0) is 0 Å². The molecule has 0 spiro atoms. The van der Waals surface area contributed by atoms with Gasteiger partial charge in [-0.15, -0.1) is 9.81 Å². The molecule has 0 aromatic rings. The maximum absolute atomic E-state index is 8.11. The quantitative estimate of drug-likeness (QED) is 0.257. The van der Waals surface area contributed by atoms with Crippen LogP contribution in [0.2, 0.25) is 0 Å². The number of nitrogens with zero attached hydrogens (tertiary/aromatic N) is 2. The molecule has 0 unspecified atom stereocenters. The Morgan fingerprint density at radius 2 is 1.00 bits per heavy atom. The van der Waals surface area contributed by atoms with E-state index in [0.29, 0.717) is 0 Å². The molecule has 0 aromatic heterocycles. The minimum absolute atomic E-state index is 0.